The molecule has 2 N–H and O–H groups in total. The van der Waals surface area contributed by atoms with E-state index in [-0.39, 0.29) is 36.6 Å². The van der Waals surface area contributed by atoms with E-state index in [9.17, 15) is 19.2 Å². The Morgan fingerprint density at radius 1 is 0.909 bits per heavy atom. The predicted octanol–water partition coefficient (Wildman–Crippen LogP) is 3.29. The molecule has 8 nitrogen and oxygen atoms in total. The van der Waals surface area contributed by atoms with Gasteiger partial charge in [0.05, 0.1) is 17.7 Å². The number of hydrogen-bond donors (Lipinski definition) is 2. The molecular formula is C25H30N4O4. The summed E-state index contributed by atoms with van der Waals surface area (Å²) in [5, 5.41) is 5.74. The van der Waals surface area contributed by atoms with Crippen molar-refractivity contribution >= 4 is 35.0 Å². The molecule has 0 saturated carbocycles. The van der Waals surface area contributed by atoms with Crippen LogP contribution in [0.15, 0.2) is 42.5 Å². The van der Waals surface area contributed by atoms with E-state index in [4.69, 9.17) is 0 Å². The zero-order valence-corrected chi connectivity index (χ0v) is 19.3. The standard InChI is InChI=1S/C25H30N4O4/c1-4-28(5-2)16-23(31)27-21-13-12-18(15-17(21)3)26-22(30)11-8-14-29-24(32)19-9-6-7-10-20(19)25(29)33/h6-7,9-10,12-13,15H,4-5,8,11,14,16H2,1-3H3,(H,26,30)(H,27,31). The Hall–Kier alpha value is -3.52. The van der Waals surface area contributed by atoms with Gasteiger partial charge in [-0.25, -0.2) is 0 Å². The van der Waals surface area contributed by atoms with Crippen molar-refractivity contribution < 1.29 is 19.2 Å². The van der Waals surface area contributed by atoms with Gasteiger partial charge in [0.2, 0.25) is 11.8 Å². The number of amides is 4. The maximum Gasteiger partial charge on any atom is 0.261 e. The van der Waals surface area contributed by atoms with Crippen molar-refractivity contribution in [3.8, 4) is 0 Å². The Morgan fingerprint density at radius 3 is 2.12 bits per heavy atom. The van der Waals surface area contributed by atoms with Crippen molar-refractivity contribution in [1.29, 1.82) is 0 Å². The molecule has 33 heavy (non-hydrogen) atoms. The first-order chi connectivity index (χ1) is 15.8. The second-order valence-corrected chi connectivity index (χ2v) is 8.00. The van der Waals surface area contributed by atoms with Crippen LogP contribution in [0.1, 0.15) is 53.0 Å². The molecule has 0 bridgehead atoms. The van der Waals surface area contributed by atoms with E-state index in [0.29, 0.717) is 35.5 Å². The van der Waals surface area contributed by atoms with Gasteiger partial charge in [0.15, 0.2) is 0 Å². The zero-order valence-electron chi connectivity index (χ0n) is 19.3. The van der Waals surface area contributed by atoms with Crippen LogP contribution in [0.5, 0.6) is 0 Å². The Balaban J connectivity index is 1.48. The van der Waals surface area contributed by atoms with Crippen LogP contribution in [0.25, 0.3) is 0 Å². The number of aryl methyl sites for hydroxylation is 1. The molecule has 4 amide bonds. The molecule has 2 aromatic rings. The number of rotatable bonds is 10. The topological polar surface area (TPSA) is 98.8 Å². The van der Waals surface area contributed by atoms with Crippen molar-refractivity contribution in [1.82, 2.24) is 9.80 Å². The van der Waals surface area contributed by atoms with Gasteiger partial charge in [-0.2, -0.15) is 0 Å². The number of anilines is 2. The summed E-state index contributed by atoms with van der Waals surface area (Å²) in [6, 6.07) is 12.0. The van der Waals surface area contributed by atoms with Crippen LogP contribution in [0.4, 0.5) is 11.4 Å². The third-order valence-electron chi connectivity index (χ3n) is 5.71. The fraction of sp³-hybridized carbons (Fsp3) is 0.360. The third-order valence-corrected chi connectivity index (χ3v) is 5.71. The molecule has 2 aromatic carbocycles. The van der Waals surface area contributed by atoms with E-state index in [1.54, 1.807) is 42.5 Å². The van der Waals surface area contributed by atoms with Crippen LogP contribution in [0.3, 0.4) is 0 Å². The van der Waals surface area contributed by atoms with Crippen molar-refractivity contribution in [3.63, 3.8) is 0 Å². The smallest absolute Gasteiger partial charge is 0.261 e. The van der Waals surface area contributed by atoms with Gasteiger partial charge in [0.1, 0.15) is 0 Å². The summed E-state index contributed by atoms with van der Waals surface area (Å²) in [6.07, 6.45) is 0.546. The van der Waals surface area contributed by atoms with Gasteiger partial charge in [0.25, 0.3) is 11.8 Å². The third kappa shape index (κ3) is 5.84. The maximum atomic E-state index is 12.4. The highest BCUT2D eigenvalue weighted by Gasteiger charge is 2.34. The number of nitrogens with zero attached hydrogens (tertiary/aromatic N) is 2. The summed E-state index contributed by atoms with van der Waals surface area (Å²) in [5.41, 5.74) is 2.99. The van der Waals surface area contributed by atoms with Gasteiger partial charge < -0.3 is 10.6 Å². The Morgan fingerprint density at radius 2 is 1.55 bits per heavy atom. The van der Waals surface area contributed by atoms with Gasteiger partial charge >= 0.3 is 0 Å². The molecule has 1 aliphatic rings. The first kappa shape index (κ1) is 24.1. The summed E-state index contributed by atoms with van der Waals surface area (Å²) in [5.74, 6) is -0.911. The highest BCUT2D eigenvalue weighted by molar-refractivity contribution is 6.21. The van der Waals surface area contributed by atoms with Gasteiger partial charge in [-0.1, -0.05) is 26.0 Å². The molecule has 1 aliphatic heterocycles. The maximum absolute atomic E-state index is 12.4. The predicted molar refractivity (Wildman–Crippen MR) is 127 cm³/mol. The molecule has 0 fully saturated rings. The van der Waals surface area contributed by atoms with E-state index in [0.717, 1.165) is 18.7 Å². The van der Waals surface area contributed by atoms with Crippen molar-refractivity contribution in [3.05, 3.63) is 59.2 Å². The monoisotopic (exact) mass is 450 g/mol. The molecule has 0 spiro atoms. The summed E-state index contributed by atoms with van der Waals surface area (Å²) < 4.78 is 0. The number of likely N-dealkylation sites (N-methyl/N-ethyl adjacent to an activating group) is 1. The van der Waals surface area contributed by atoms with Crippen LogP contribution in [0, 0.1) is 6.92 Å². The van der Waals surface area contributed by atoms with Crippen LogP contribution in [-0.4, -0.2) is 59.6 Å². The molecule has 3 rings (SSSR count). The van der Waals surface area contributed by atoms with E-state index in [1.165, 1.54) is 4.90 Å². The van der Waals surface area contributed by atoms with Gasteiger partial charge in [-0.15, -0.1) is 0 Å². The molecule has 0 radical (unpaired) electrons. The molecule has 0 aromatic heterocycles. The molecule has 174 valence electrons. The van der Waals surface area contributed by atoms with Crippen molar-refractivity contribution in [2.24, 2.45) is 0 Å². The van der Waals surface area contributed by atoms with Crippen LogP contribution in [-0.2, 0) is 9.59 Å². The Bertz CT molecular complexity index is 1030. The number of nitrogens with one attached hydrogen (secondary N) is 2. The quantitative estimate of drug-likeness (QED) is 0.541. The Kier molecular flexibility index (Phi) is 7.95. The molecule has 0 atom stereocenters. The van der Waals surface area contributed by atoms with Gasteiger partial charge in [0, 0.05) is 24.3 Å². The summed E-state index contributed by atoms with van der Waals surface area (Å²) >= 11 is 0. The SMILES string of the molecule is CCN(CC)CC(=O)Nc1ccc(NC(=O)CCCN2C(=O)c3ccccc3C2=O)cc1C. The minimum absolute atomic E-state index is 0.0771. The molecule has 0 saturated heterocycles. The van der Waals surface area contributed by atoms with E-state index in [1.807, 2.05) is 25.7 Å². The normalized spacial score (nSPS) is 12.8. The first-order valence-corrected chi connectivity index (χ1v) is 11.2. The van der Waals surface area contributed by atoms with Gasteiger partial charge in [-0.05, 0) is 62.3 Å². The molecule has 1 heterocycles. The fourth-order valence-electron chi connectivity index (χ4n) is 3.79. The number of fused-ring (bicyclic) bond motifs is 1. The minimum atomic E-state index is -0.315. The summed E-state index contributed by atoms with van der Waals surface area (Å²) in [7, 11) is 0. The zero-order chi connectivity index (χ0) is 24.0. The second kappa shape index (κ2) is 10.9. The lowest BCUT2D eigenvalue weighted by atomic mass is 10.1. The van der Waals surface area contributed by atoms with E-state index < -0.39 is 0 Å². The molecular weight excluding hydrogens is 420 g/mol. The lowest BCUT2D eigenvalue weighted by Crippen LogP contribution is -2.33. The van der Waals surface area contributed by atoms with Crippen molar-refractivity contribution in [2.75, 3.05) is 36.8 Å². The number of imide groups is 1. The molecule has 0 unspecified atom stereocenters. The number of hydrogen-bond acceptors (Lipinski definition) is 5. The largest absolute Gasteiger partial charge is 0.326 e. The fourth-order valence-corrected chi connectivity index (χ4v) is 3.79. The minimum Gasteiger partial charge on any atom is -0.326 e. The summed E-state index contributed by atoms with van der Waals surface area (Å²) in [6.45, 7) is 8.03. The average molecular weight is 451 g/mol. The lowest BCUT2D eigenvalue weighted by molar-refractivity contribution is -0.117. The van der Waals surface area contributed by atoms with Gasteiger partial charge in [-0.3, -0.25) is 29.0 Å². The van der Waals surface area contributed by atoms with Crippen LogP contribution >= 0.6 is 0 Å². The van der Waals surface area contributed by atoms with Crippen LogP contribution in [0.2, 0.25) is 0 Å². The Labute approximate surface area is 193 Å². The second-order valence-electron chi connectivity index (χ2n) is 8.00. The highest BCUT2D eigenvalue weighted by atomic mass is 16.2. The average Bonchev–Trinajstić information content (AvgIpc) is 3.04. The van der Waals surface area contributed by atoms with E-state index >= 15 is 0 Å². The number of carbonyl (C=O) groups is 4. The van der Waals surface area contributed by atoms with Crippen molar-refractivity contribution in [2.45, 2.75) is 33.6 Å². The highest BCUT2D eigenvalue weighted by Crippen LogP contribution is 2.23. The van der Waals surface area contributed by atoms with E-state index in [2.05, 4.69) is 10.6 Å². The lowest BCUT2D eigenvalue weighted by Gasteiger charge is -2.18. The number of benzene rings is 2. The molecule has 8 heteroatoms. The first-order valence-electron chi connectivity index (χ1n) is 11.2. The number of carbonyl (C=O) groups excluding carboxylic acids is 4. The van der Waals surface area contributed by atoms with Crippen LogP contribution < -0.4 is 10.6 Å². The molecule has 0 aliphatic carbocycles. The summed E-state index contributed by atoms with van der Waals surface area (Å²) in [4.78, 5) is 52.6.